The maximum absolute atomic E-state index is 12.0. The Balaban J connectivity index is 2.70. The summed E-state index contributed by atoms with van der Waals surface area (Å²) < 4.78 is 31.7. The number of primary sulfonamides is 1. The highest BCUT2D eigenvalue weighted by Crippen LogP contribution is 2.13. The first-order valence-electron chi connectivity index (χ1n) is 6.65. The van der Waals surface area contributed by atoms with Gasteiger partial charge in [-0.15, -0.1) is 0 Å². The molecule has 0 spiro atoms. The lowest BCUT2D eigenvalue weighted by Crippen LogP contribution is -2.44. The van der Waals surface area contributed by atoms with Gasteiger partial charge < -0.3 is 14.1 Å². The highest BCUT2D eigenvalue weighted by atomic mass is 32.2. The molecular formula is C13H20N2O6S. The van der Waals surface area contributed by atoms with Gasteiger partial charge in [0.15, 0.2) is 6.61 Å². The molecule has 0 atom stereocenters. The molecule has 1 aromatic heterocycles. The van der Waals surface area contributed by atoms with E-state index in [0.717, 1.165) is 12.1 Å². The summed E-state index contributed by atoms with van der Waals surface area (Å²) in [5.74, 6) is -1.62. The van der Waals surface area contributed by atoms with Crippen molar-refractivity contribution in [3.8, 4) is 0 Å². The molecule has 9 heteroatoms. The van der Waals surface area contributed by atoms with Crippen molar-refractivity contribution in [1.82, 2.24) is 4.90 Å². The fraction of sp³-hybridized carbons (Fsp3) is 0.538. The van der Waals surface area contributed by atoms with E-state index in [1.807, 2.05) is 27.7 Å². The number of ether oxygens (including phenoxy) is 1. The Morgan fingerprint density at radius 2 is 1.77 bits per heavy atom. The summed E-state index contributed by atoms with van der Waals surface area (Å²) in [5, 5.41) is 4.32. The van der Waals surface area contributed by atoms with Crippen LogP contribution in [0.15, 0.2) is 21.6 Å². The highest BCUT2D eigenvalue weighted by molar-refractivity contribution is 7.89. The summed E-state index contributed by atoms with van der Waals surface area (Å²) in [6.07, 6.45) is 0. The molecule has 0 fully saturated rings. The maximum atomic E-state index is 12.0. The largest absolute Gasteiger partial charge is 0.450 e. The fourth-order valence-corrected chi connectivity index (χ4v) is 2.49. The van der Waals surface area contributed by atoms with Gasteiger partial charge in [0.05, 0.1) is 0 Å². The molecular weight excluding hydrogens is 312 g/mol. The second-order valence-corrected chi connectivity index (χ2v) is 6.72. The zero-order valence-corrected chi connectivity index (χ0v) is 13.7. The predicted octanol–water partition coefficient (Wildman–Crippen LogP) is 0.729. The van der Waals surface area contributed by atoms with Crippen LogP contribution < -0.4 is 5.14 Å². The van der Waals surface area contributed by atoms with Gasteiger partial charge in [0.1, 0.15) is 0 Å². The van der Waals surface area contributed by atoms with Gasteiger partial charge in [0.25, 0.3) is 15.9 Å². The number of esters is 1. The smallest absolute Gasteiger partial charge is 0.374 e. The quantitative estimate of drug-likeness (QED) is 0.767. The molecule has 8 nitrogen and oxygen atoms in total. The predicted molar refractivity (Wildman–Crippen MR) is 77.5 cm³/mol. The van der Waals surface area contributed by atoms with Crippen LogP contribution in [0, 0.1) is 0 Å². The zero-order chi connectivity index (χ0) is 17.1. The second-order valence-electron chi connectivity index (χ2n) is 5.23. The number of hydrogen-bond donors (Lipinski definition) is 1. The molecule has 0 bridgehead atoms. The van der Waals surface area contributed by atoms with Gasteiger partial charge in [0, 0.05) is 12.1 Å². The number of furan rings is 1. The third-order valence-electron chi connectivity index (χ3n) is 2.79. The van der Waals surface area contributed by atoms with E-state index in [1.54, 1.807) is 4.90 Å². The van der Waals surface area contributed by atoms with E-state index in [-0.39, 0.29) is 23.8 Å². The molecule has 0 unspecified atom stereocenters. The molecule has 22 heavy (non-hydrogen) atoms. The number of amides is 1. The molecule has 1 aromatic rings. The van der Waals surface area contributed by atoms with Crippen LogP contribution in [0.3, 0.4) is 0 Å². The summed E-state index contributed by atoms with van der Waals surface area (Å²) in [5.41, 5.74) is 0. The van der Waals surface area contributed by atoms with Crippen molar-refractivity contribution in [3.05, 3.63) is 17.9 Å². The zero-order valence-electron chi connectivity index (χ0n) is 12.9. The number of sulfonamides is 1. The van der Waals surface area contributed by atoms with Gasteiger partial charge >= 0.3 is 5.97 Å². The van der Waals surface area contributed by atoms with Gasteiger partial charge in [-0.05, 0) is 39.8 Å². The molecule has 2 N–H and O–H groups in total. The van der Waals surface area contributed by atoms with Crippen LogP contribution in [0.4, 0.5) is 0 Å². The molecule has 0 aliphatic heterocycles. The van der Waals surface area contributed by atoms with E-state index >= 15 is 0 Å². The molecule has 0 aromatic carbocycles. The van der Waals surface area contributed by atoms with E-state index in [0.29, 0.717) is 0 Å². The normalized spacial score (nSPS) is 11.8. The van der Waals surface area contributed by atoms with E-state index < -0.39 is 27.7 Å². The Hall–Kier alpha value is -1.87. The minimum absolute atomic E-state index is 0.0381. The van der Waals surface area contributed by atoms with Crippen LogP contribution in [0.5, 0.6) is 0 Å². The highest BCUT2D eigenvalue weighted by Gasteiger charge is 2.23. The van der Waals surface area contributed by atoms with E-state index in [2.05, 4.69) is 0 Å². The Morgan fingerprint density at radius 1 is 1.23 bits per heavy atom. The third-order valence-corrected chi connectivity index (χ3v) is 3.57. The van der Waals surface area contributed by atoms with Crippen LogP contribution in [-0.2, 0) is 19.6 Å². The van der Waals surface area contributed by atoms with Crippen LogP contribution in [-0.4, -0.2) is 43.9 Å². The molecule has 1 heterocycles. The molecule has 1 rings (SSSR count). The van der Waals surface area contributed by atoms with Gasteiger partial charge in [-0.25, -0.2) is 18.4 Å². The van der Waals surface area contributed by atoms with E-state index in [9.17, 15) is 18.0 Å². The fourth-order valence-electron chi connectivity index (χ4n) is 2.03. The number of hydrogen-bond acceptors (Lipinski definition) is 6. The second kappa shape index (κ2) is 6.93. The van der Waals surface area contributed by atoms with Crippen molar-refractivity contribution in [1.29, 1.82) is 0 Å². The molecule has 0 saturated carbocycles. The summed E-state index contributed by atoms with van der Waals surface area (Å²) >= 11 is 0. The first-order valence-corrected chi connectivity index (χ1v) is 8.19. The summed E-state index contributed by atoms with van der Waals surface area (Å²) in [7, 11) is -4.03. The SMILES string of the molecule is CC(C)N(C(=O)COC(=O)c1ccc(S(N)(=O)=O)o1)C(C)C. The van der Waals surface area contributed by atoms with Crippen LogP contribution in [0.1, 0.15) is 38.2 Å². The Labute approximate surface area is 129 Å². The lowest BCUT2D eigenvalue weighted by Gasteiger charge is -2.30. The lowest BCUT2D eigenvalue weighted by atomic mass is 10.2. The molecule has 1 amide bonds. The van der Waals surface area contributed by atoms with Gasteiger partial charge in [-0.2, -0.15) is 0 Å². The minimum Gasteiger partial charge on any atom is -0.450 e. The topological polar surface area (TPSA) is 120 Å². The average molecular weight is 332 g/mol. The first-order chi connectivity index (χ1) is 10.0. The van der Waals surface area contributed by atoms with Crippen molar-refractivity contribution in [3.63, 3.8) is 0 Å². The van der Waals surface area contributed by atoms with Gasteiger partial charge in [-0.1, -0.05) is 0 Å². The van der Waals surface area contributed by atoms with Crippen LogP contribution in [0.25, 0.3) is 0 Å². The third kappa shape index (κ3) is 4.57. The van der Waals surface area contributed by atoms with Crippen LogP contribution in [0.2, 0.25) is 0 Å². The maximum Gasteiger partial charge on any atom is 0.374 e. The monoisotopic (exact) mass is 332 g/mol. The van der Waals surface area contributed by atoms with Crippen molar-refractivity contribution in [2.24, 2.45) is 5.14 Å². The Morgan fingerprint density at radius 3 is 2.18 bits per heavy atom. The first kappa shape index (κ1) is 18.2. The number of carbonyl (C=O) groups excluding carboxylic acids is 2. The Bertz CT molecular complexity index is 639. The Kier molecular flexibility index (Phi) is 5.72. The summed E-state index contributed by atoms with van der Waals surface area (Å²) in [4.78, 5) is 25.3. The number of nitrogens with zero attached hydrogens (tertiary/aromatic N) is 1. The van der Waals surface area contributed by atoms with E-state index in [1.165, 1.54) is 0 Å². The number of carbonyl (C=O) groups is 2. The summed E-state index contributed by atoms with van der Waals surface area (Å²) in [6, 6.07) is 2.09. The molecule has 0 radical (unpaired) electrons. The molecule has 0 aliphatic rings. The molecule has 0 aliphatic carbocycles. The molecule has 0 saturated heterocycles. The van der Waals surface area contributed by atoms with Crippen molar-refractivity contribution in [2.45, 2.75) is 44.9 Å². The molecule has 124 valence electrons. The van der Waals surface area contributed by atoms with Crippen molar-refractivity contribution < 1.29 is 27.2 Å². The number of nitrogens with two attached hydrogens (primary N) is 1. The summed E-state index contributed by atoms with van der Waals surface area (Å²) in [6.45, 7) is 6.95. The van der Waals surface area contributed by atoms with Crippen molar-refractivity contribution >= 4 is 21.9 Å². The average Bonchev–Trinajstić information content (AvgIpc) is 2.84. The van der Waals surface area contributed by atoms with Gasteiger partial charge in [0.2, 0.25) is 10.9 Å². The standard InChI is InChI=1S/C13H20N2O6S/c1-8(2)15(9(3)4)11(16)7-20-13(17)10-5-6-12(21-10)22(14,18)19/h5-6,8-9H,7H2,1-4H3,(H2,14,18,19). The lowest BCUT2D eigenvalue weighted by molar-refractivity contribution is -0.138. The van der Waals surface area contributed by atoms with Crippen LogP contribution >= 0.6 is 0 Å². The van der Waals surface area contributed by atoms with Gasteiger partial charge in [-0.3, -0.25) is 4.79 Å². The minimum atomic E-state index is -4.03. The number of rotatable bonds is 6. The van der Waals surface area contributed by atoms with Crippen molar-refractivity contribution in [2.75, 3.05) is 6.61 Å². The van der Waals surface area contributed by atoms with E-state index in [4.69, 9.17) is 14.3 Å².